The van der Waals surface area contributed by atoms with E-state index in [4.69, 9.17) is 87.0 Å². The highest BCUT2D eigenvalue weighted by Crippen LogP contribution is 2.58. The average molecular weight is 2850 g/mol. The topological polar surface area (TPSA) is 878 Å². The van der Waals surface area contributed by atoms with Crippen LogP contribution in [0.2, 0.25) is 85.1 Å². The van der Waals surface area contributed by atoms with Gasteiger partial charge in [0.05, 0.1) is 9.76 Å². The Morgan fingerprint density at radius 3 is 0.823 bits per heavy atom. The van der Waals surface area contributed by atoms with Gasteiger partial charge in [-0.1, -0.05) is 6.08 Å². The summed E-state index contributed by atoms with van der Waals surface area (Å²) < 4.78 is 162. The molecule has 55 nitrogen and oxygen atoms in total. The zero-order valence-electron chi connectivity index (χ0n) is 76.9. The van der Waals surface area contributed by atoms with Crippen LogP contribution in [-0.2, 0) is 91.5 Å². The Kier molecular flexibility index (Phi) is 70.9. The van der Waals surface area contributed by atoms with Gasteiger partial charge in [-0.05, 0) is 92.0 Å². The van der Waals surface area contributed by atoms with Gasteiger partial charge in [0.2, 0.25) is 119 Å². The highest BCUT2D eigenvalue weighted by Gasteiger charge is 3.05. The average Bonchev–Trinajstić information content (AvgIpc) is 0.622. The number of hydrogen-bond donors (Lipinski definition) is 33. The van der Waals surface area contributed by atoms with E-state index in [0.29, 0.717) is 9.76 Å². The molecule has 782 valence electrons. The van der Waals surface area contributed by atoms with E-state index in [1.165, 1.54) is 19.6 Å². The second-order valence-corrected chi connectivity index (χ2v) is 360. The van der Waals surface area contributed by atoms with Crippen molar-refractivity contribution in [3.63, 3.8) is 0 Å². The number of allylic oxidation sites excluding steroid dienone is 1. The Bertz CT molecular complexity index is 3070. The van der Waals surface area contributed by atoms with E-state index >= 15 is 0 Å². The van der Waals surface area contributed by atoms with Gasteiger partial charge in [-0.3, -0.25) is 0 Å². The molecule has 112 heteroatoms. The highest BCUT2D eigenvalue weighted by molar-refractivity contribution is 8.30. The lowest BCUT2D eigenvalue weighted by Crippen LogP contribution is -3.18. The predicted molar refractivity (Wildman–Crippen MR) is 623 cm³/mol. The van der Waals surface area contributed by atoms with E-state index < -0.39 is 483 Å². The van der Waals surface area contributed by atoms with Crippen LogP contribution in [0.1, 0.15) is 6.92 Å². The summed E-state index contributed by atoms with van der Waals surface area (Å²) in [6, 6.07) is 0. The molecule has 0 aromatic heterocycles. The van der Waals surface area contributed by atoms with Crippen LogP contribution < -0.4 is 0 Å². The molecular weight excluding hydrogens is 2700 g/mol. The van der Waals surface area contributed by atoms with Gasteiger partial charge in [0.15, 0.2) is 146 Å². The molecule has 0 bridgehead atoms. The van der Waals surface area contributed by atoms with Gasteiger partial charge in [0.1, 0.15) is 0 Å². The zero-order valence-corrected chi connectivity index (χ0v) is 149. The number of hydrogen-bond acceptors (Lipinski definition) is 55. The third kappa shape index (κ3) is 30.5. The van der Waals surface area contributed by atoms with E-state index in [2.05, 4.69) is 6.58 Å². The van der Waals surface area contributed by atoms with Crippen molar-refractivity contribution in [2.45, 2.75) is 92.0 Å². The second-order valence-electron chi connectivity index (χ2n) is 32.1. The second kappa shape index (κ2) is 64.0. The smallest absolute Gasteiger partial charge is 0.338 e. The summed E-state index contributed by atoms with van der Waals surface area (Å²) in [5.74, 6) is 0. The minimum absolute atomic E-state index is 0.528. The third-order valence-electron chi connectivity index (χ3n) is 21.8. The summed E-state index contributed by atoms with van der Waals surface area (Å²) in [6.45, 7) is -45.5. The molecule has 0 aromatic carbocycles. The van der Waals surface area contributed by atoms with Gasteiger partial charge in [-0.15, -0.1) is 6.58 Å². The fourth-order valence-electron chi connectivity index (χ4n) is 15.3. The van der Waals surface area contributed by atoms with Gasteiger partial charge in [-0.2, -0.15) is 0 Å². The molecule has 130 heavy (non-hydrogen) atoms. The largest absolute Gasteiger partial charge is 0.442 e. The lowest BCUT2D eigenvalue weighted by Gasteiger charge is -2.74. The molecule has 0 aliphatic heterocycles. The van der Waals surface area contributed by atoms with E-state index in [-0.39, 0.29) is 0 Å². The summed E-state index contributed by atoms with van der Waals surface area (Å²) in [6.07, 6.45) is 1.75. The molecule has 0 aliphatic carbocycles. The summed E-state index contributed by atoms with van der Waals surface area (Å²) >= 11 is 0. The molecule has 0 aromatic rings. The first kappa shape index (κ1) is 144. The van der Waals surface area contributed by atoms with Crippen LogP contribution in [0.15, 0.2) is 12.7 Å². The molecule has 10 unspecified atom stereocenters. The minimum atomic E-state index is -8.38. The van der Waals surface area contributed by atoms with E-state index in [0.717, 1.165) is 20.2 Å². The normalized spacial score (nSPS) is 24.5. The molecule has 0 aliphatic rings. The maximum absolute atomic E-state index is 14.6. The Hall–Kier alpha value is 9.74. The van der Waals surface area contributed by atoms with Gasteiger partial charge in [0.25, 0.3) is 154 Å². The molecule has 33 N–H and O–H groups in total. The molecule has 0 saturated carbocycles. The Morgan fingerprint density at radius 2 is 0.592 bits per heavy atom. The highest BCUT2D eigenvalue weighted by atomic mass is 30.5. The van der Waals surface area contributed by atoms with Crippen molar-refractivity contribution < 1.29 is 250 Å². The van der Waals surface area contributed by atoms with Crippen LogP contribution in [0.25, 0.3) is 0 Å². The molecule has 0 rings (SSSR count). The van der Waals surface area contributed by atoms with Crippen LogP contribution >= 0.6 is 0 Å². The van der Waals surface area contributed by atoms with Gasteiger partial charge in [-0.25, -0.2) is 0 Å². The standard InChI is InChI=1S/C9H118O48Si49.C6H28O7Si8.C3H6/c1-40-91(9,58)53-106(101(83-34,84-35)48-66-17,103(86-37,50-68-19)88(3)39)105(56-94(73-24,74-25)43-61-12,102(85-36,49-67-18)87(2)38)96(52-90(7,8)51-89(4,5)6,104(99(79-30,80-31)46-64-15,100(81-32,82-33)47-65-16)55-93(71-22,72-23)42-60-11)57-95(97(75-26,76-27)44-62-13,98(77-28,78-29)45-63-14)54-92(69-20,70-21)41-59-10;1-11-21(14,16-8)20(12-15-7,18(3,4)10)13-19(5,6)17(2)9;1-3-2/h10-39,87-88H,59-86H2,1-9,58H3;7-8,10H,15-16H2,1-6,14H3;3H,1H2,2H3. The Labute approximate surface area is 851 Å². The fraction of sp³-hybridized carbons (Fsp3) is 0.889. The zero-order chi connectivity index (χ0) is 103. The first-order valence-corrected chi connectivity index (χ1v) is 184. The summed E-state index contributed by atoms with van der Waals surface area (Å²) in [4.78, 5) is 419. The van der Waals surface area contributed by atoms with Crippen LogP contribution in [0, 0.1) is 0 Å². The van der Waals surface area contributed by atoms with Gasteiger partial charge in [0, 0.05) is 24.0 Å². The maximum Gasteiger partial charge on any atom is 0.338 e. The number of rotatable bonds is 74. The predicted octanol–water partition coefficient (Wildman–Crippen LogP) is -50.7. The lowest BCUT2D eigenvalue weighted by atomic mass is 10.8. The van der Waals surface area contributed by atoms with E-state index in [1.54, 1.807) is 52.5 Å². The third-order valence-corrected chi connectivity index (χ3v) is 604. The van der Waals surface area contributed by atoms with E-state index in [1.807, 2.05) is 20.0 Å². The van der Waals surface area contributed by atoms with Crippen molar-refractivity contribution in [3.05, 3.63) is 12.7 Å². The van der Waals surface area contributed by atoms with Crippen molar-refractivity contribution >= 4 is 493 Å². The molecule has 10 atom stereocenters. The summed E-state index contributed by atoms with van der Waals surface area (Å²) in [5.41, 5.74) is 0. The summed E-state index contributed by atoms with van der Waals surface area (Å²) in [5, 5.41) is 0. The van der Waals surface area contributed by atoms with Crippen LogP contribution in [0.4, 0.5) is 0 Å². The SMILES string of the molecule is C=CC.CO[Si](C)([SiH3])O[Si]([Si](O[SiH2]O)([SiH2]O)[SiH2]O)([Si](O[SiH2]O)([SiH2]O)[SiH](C)O)[Si](O[Si](O[SiH2]O)([SiH2]O)[SiH2]O)([Si](O[SiH2]O)([SiH2]O)[SiH](C)O)[Si](O[Si](C)(C)O[Si](C)(C)C)(O[Si](O[Si](O[SiH2]O)([SiH2]O)[SiH2]O)([Si](O[SiH2]O)([SiH2]O)[SiH2]O)[Si](O[SiH2]O)([SiH2]O)[SiH2]O)[Si](O[Si](O[SiH2]O)([SiH2]O)[SiH2]O)([Si](O[SiH2]O)([SiH2]O)[SiH2]O)[Si](O[SiH2]O)([SiH2]O)[SiH2]O.CO[Si]([SiH3])([SiH2]O)[Si](O[SiH2]O)(O[Si](C)(C)[Si](C)=O)[Si](C)(C)O. The summed E-state index contributed by atoms with van der Waals surface area (Å²) in [7, 11) is -173. The monoisotopic (exact) mass is 2840 g/mol. The molecule has 0 saturated heterocycles. The molecule has 0 amide bonds. The van der Waals surface area contributed by atoms with Crippen molar-refractivity contribution in [2.24, 2.45) is 0 Å². The quantitative estimate of drug-likeness (QED) is 0.0199. The van der Waals surface area contributed by atoms with Gasteiger partial charge < -0.3 is 250 Å². The van der Waals surface area contributed by atoms with Crippen molar-refractivity contribution in [1.82, 2.24) is 0 Å². The fourth-order valence-corrected chi connectivity index (χ4v) is 1070. The van der Waals surface area contributed by atoms with Crippen molar-refractivity contribution in [2.75, 3.05) is 14.2 Å². The lowest BCUT2D eigenvalue weighted by molar-refractivity contribution is 0.291. The van der Waals surface area contributed by atoms with Crippen LogP contribution in [-0.4, -0.2) is 665 Å². The molecular formula is C18H152O55Si57. The van der Waals surface area contributed by atoms with Gasteiger partial charge >= 0.3 is 54.1 Å². The van der Waals surface area contributed by atoms with Crippen LogP contribution in [0.3, 0.4) is 0 Å². The first-order valence-electron chi connectivity index (χ1n) is 39.5. The maximum atomic E-state index is 14.6. The first-order chi connectivity index (χ1) is 60.3. The molecule has 0 heterocycles. The Morgan fingerprint density at radius 1 is 0.315 bits per heavy atom. The van der Waals surface area contributed by atoms with E-state index in [9.17, 15) is 163 Å². The van der Waals surface area contributed by atoms with Crippen molar-refractivity contribution in [3.8, 4) is 0 Å². The minimum Gasteiger partial charge on any atom is -0.442 e. The van der Waals surface area contributed by atoms with Crippen molar-refractivity contribution in [1.29, 1.82) is 0 Å². The molecule has 0 spiro atoms. The molecule has 0 fully saturated rings. The van der Waals surface area contributed by atoms with Crippen LogP contribution in [0.5, 0.6) is 0 Å². The molecule has 0 radical (unpaired) electrons. The Balaban J connectivity index is -0.00000581.